The topological polar surface area (TPSA) is 58.3 Å². The molecule has 1 aliphatic rings. The van der Waals surface area contributed by atoms with Gasteiger partial charge in [0.1, 0.15) is 5.01 Å². The van der Waals surface area contributed by atoms with E-state index in [0.29, 0.717) is 0 Å². The lowest BCUT2D eigenvalue weighted by atomic mass is 10.0. The number of thiazole rings is 1. The highest BCUT2D eigenvalue weighted by Crippen LogP contribution is 2.27. The minimum atomic E-state index is 0.733. The Labute approximate surface area is 154 Å². The second-order valence-electron chi connectivity index (χ2n) is 6.71. The van der Waals surface area contributed by atoms with Crippen molar-refractivity contribution >= 4 is 17.3 Å². The minimum Gasteiger partial charge on any atom is -0.352 e. The van der Waals surface area contributed by atoms with Crippen LogP contribution in [0.5, 0.6) is 0 Å². The van der Waals surface area contributed by atoms with Gasteiger partial charge in [-0.15, -0.1) is 11.3 Å². The standard InChI is InChI=1S/C18H28N6S/c1-12-14(13(2)24(5)22-12)10-20-18(19-3)23(4)11-17-21-15-8-6-7-9-16(15)25-17/h6-11H2,1-5H3,(H,19,20). The molecule has 25 heavy (non-hydrogen) atoms. The molecule has 0 saturated heterocycles. The van der Waals surface area contributed by atoms with Crippen molar-refractivity contribution < 1.29 is 0 Å². The molecule has 0 aliphatic heterocycles. The van der Waals surface area contributed by atoms with Gasteiger partial charge in [0, 0.05) is 43.8 Å². The molecule has 0 unspecified atom stereocenters. The maximum absolute atomic E-state index is 4.84. The van der Waals surface area contributed by atoms with Gasteiger partial charge in [0.2, 0.25) is 0 Å². The van der Waals surface area contributed by atoms with Gasteiger partial charge in [0.05, 0.1) is 17.9 Å². The van der Waals surface area contributed by atoms with Crippen LogP contribution in [0.15, 0.2) is 4.99 Å². The molecule has 0 amide bonds. The van der Waals surface area contributed by atoms with Crippen LogP contribution in [0.25, 0.3) is 0 Å². The van der Waals surface area contributed by atoms with Gasteiger partial charge in [0.25, 0.3) is 0 Å². The van der Waals surface area contributed by atoms with E-state index in [1.165, 1.54) is 46.1 Å². The molecule has 7 heteroatoms. The van der Waals surface area contributed by atoms with Gasteiger partial charge in [-0.25, -0.2) is 4.98 Å². The van der Waals surface area contributed by atoms with E-state index < -0.39 is 0 Å². The SMILES string of the molecule is CN=C(NCc1c(C)nn(C)c1C)N(C)Cc1nc2c(s1)CCCC2. The molecule has 136 valence electrons. The van der Waals surface area contributed by atoms with Gasteiger partial charge < -0.3 is 10.2 Å². The van der Waals surface area contributed by atoms with E-state index in [1.807, 2.05) is 30.1 Å². The summed E-state index contributed by atoms with van der Waals surface area (Å²) < 4.78 is 1.93. The summed E-state index contributed by atoms with van der Waals surface area (Å²) in [6, 6.07) is 0. The second-order valence-corrected chi connectivity index (χ2v) is 7.88. The first-order chi connectivity index (χ1) is 12.0. The molecule has 2 aromatic heterocycles. The summed E-state index contributed by atoms with van der Waals surface area (Å²) in [6.45, 7) is 5.68. The summed E-state index contributed by atoms with van der Waals surface area (Å²) in [5.41, 5.74) is 4.82. The molecule has 0 radical (unpaired) electrons. The predicted octanol–water partition coefficient (Wildman–Crippen LogP) is 2.58. The summed E-state index contributed by atoms with van der Waals surface area (Å²) in [5, 5.41) is 9.13. The van der Waals surface area contributed by atoms with Gasteiger partial charge in [-0.3, -0.25) is 9.67 Å². The number of rotatable bonds is 4. The van der Waals surface area contributed by atoms with E-state index in [9.17, 15) is 0 Å². The van der Waals surface area contributed by atoms with Crippen LogP contribution in [0.2, 0.25) is 0 Å². The van der Waals surface area contributed by atoms with E-state index in [0.717, 1.165) is 31.2 Å². The van der Waals surface area contributed by atoms with Crippen LogP contribution in [-0.4, -0.2) is 39.7 Å². The van der Waals surface area contributed by atoms with E-state index in [-0.39, 0.29) is 0 Å². The van der Waals surface area contributed by atoms with Gasteiger partial charge in [-0.05, 0) is 39.5 Å². The highest BCUT2D eigenvalue weighted by atomic mass is 32.1. The number of hydrogen-bond donors (Lipinski definition) is 1. The van der Waals surface area contributed by atoms with Crippen LogP contribution in [-0.2, 0) is 33.0 Å². The maximum Gasteiger partial charge on any atom is 0.194 e. The van der Waals surface area contributed by atoms with Crippen molar-refractivity contribution in [3.05, 3.63) is 32.5 Å². The Bertz CT molecular complexity index is 749. The summed E-state index contributed by atoms with van der Waals surface area (Å²) in [7, 11) is 5.88. The van der Waals surface area contributed by atoms with Crippen molar-refractivity contribution in [1.82, 2.24) is 25.0 Å². The molecule has 2 aromatic rings. The molecule has 1 N–H and O–H groups in total. The van der Waals surface area contributed by atoms with E-state index >= 15 is 0 Å². The Morgan fingerprint density at radius 3 is 2.72 bits per heavy atom. The zero-order chi connectivity index (χ0) is 18.0. The molecule has 0 saturated carbocycles. The van der Waals surface area contributed by atoms with Crippen LogP contribution in [0.1, 0.15) is 45.4 Å². The Morgan fingerprint density at radius 1 is 1.32 bits per heavy atom. The van der Waals surface area contributed by atoms with Crippen LogP contribution in [0.4, 0.5) is 0 Å². The van der Waals surface area contributed by atoms with Crippen LogP contribution in [0, 0.1) is 13.8 Å². The monoisotopic (exact) mass is 360 g/mol. The van der Waals surface area contributed by atoms with Gasteiger partial charge in [0.15, 0.2) is 5.96 Å². The molecule has 0 spiro atoms. The normalized spacial score (nSPS) is 14.5. The maximum atomic E-state index is 4.84. The molecule has 1 aliphatic carbocycles. The van der Waals surface area contributed by atoms with E-state index in [4.69, 9.17) is 4.98 Å². The average molecular weight is 361 g/mol. The van der Waals surface area contributed by atoms with Crippen molar-refractivity contribution in [3.8, 4) is 0 Å². The molecular formula is C18H28N6S. The fourth-order valence-corrected chi connectivity index (χ4v) is 4.59. The van der Waals surface area contributed by atoms with Crippen molar-refractivity contribution in [2.24, 2.45) is 12.0 Å². The van der Waals surface area contributed by atoms with Gasteiger partial charge in [-0.1, -0.05) is 0 Å². The van der Waals surface area contributed by atoms with Crippen molar-refractivity contribution in [1.29, 1.82) is 0 Å². The number of nitrogens with zero attached hydrogens (tertiary/aromatic N) is 5. The number of aromatic nitrogens is 3. The molecule has 3 rings (SSSR count). The van der Waals surface area contributed by atoms with E-state index in [1.54, 1.807) is 0 Å². The molecular weight excluding hydrogens is 332 g/mol. The largest absolute Gasteiger partial charge is 0.352 e. The lowest BCUT2D eigenvalue weighted by molar-refractivity contribution is 0.474. The third-order valence-electron chi connectivity index (χ3n) is 4.92. The Kier molecular flexibility index (Phi) is 5.42. The zero-order valence-electron chi connectivity index (χ0n) is 15.9. The number of aliphatic imine (C=N–C) groups is 1. The summed E-state index contributed by atoms with van der Waals surface area (Å²) in [6.07, 6.45) is 4.92. The summed E-state index contributed by atoms with van der Waals surface area (Å²) in [4.78, 5) is 12.9. The number of guanidine groups is 1. The third-order valence-corrected chi connectivity index (χ3v) is 6.06. The average Bonchev–Trinajstić information content (AvgIpc) is 3.09. The zero-order valence-corrected chi connectivity index (χ0v) is 16.7. The Balaban J connectivity index is 1.63. The highest BCUT2D eigenvalue weighted by Gasteiger charge is 2.17. The summed E-state index contributed by atoms with van der Waals surface area (Å²) >= 11 is 1.87. The molecule has 0 bridgehead atoms. The quantitative estimate of drug-likeness (QED) is 0.672. The van der Waals surface area contributed by atoms with E-state index in [2.05, 4.69) is 41.2 Å². The number of aryl methyl sites for hydroxylation is 4. The minimum absolute atomic E-state index is 0.733. The highest BCUT2D eigenvalue weighted by molar-refractivity contribution is 7.11. The number of nitrogens with one attached hydrogen (secondary N) is 1. The molecule has 6 nitrogen and oxygen atoms in total. The predicted molar refractivity (Wildman–Crippen MR) is 103 cm³/mol. The Morgan fingerprint density at radius 2 is 2.08 bits per heavy atom. The molecule has 2 heterocycles. The fourth-order valence-electron chi connectivity index (χ4n) is 3.38. The first-order valence-electron chi connectivity index (χ1n) is 8.88. The fraction of sp³-hybridized carbons (Fsp3) is 0.611. The molecule has 0 atom stereocenters. The first kappa shape index (κ1) is 17.9. The second kappa shape index (κ2) is 7.56. The lowest BCUT2D eigenvalue weighted by Gasteiger charge is -2.21. The first-order valence-corrected chi connectivity index (χ1v) is 9.69. The van der Waals surface area contributed by atoms with Crippen LogP contribution >= 0.6 is 11.3 Å². The lowest BCUT2D eigenvalue weighted by Crippen LogP contribution is -2.38. The number of hydrogen-bond acceptors (Lipinski definition) is 4. The van der Waals surface area contributed by atoms with Crippen molar-refractivity contribution in [2.75, 3.05) is 14.1 Å². The molecule has 0 aromatic carbocycles. The van der Waals surface area contributed by atoms with Crippen molar-refractivity contribution in [2.45, 2.75) is 52.6 Å². The molecule has 0 fully saturated rings. The van der Waals surface area contributed by atoms with Gasteiger partial charge in [-0.2, -0.15) is 5.10 Å². The smallest absolute Gasteiger partial charge is 0.194 e. The van der Waals surface area contributed by atoms with Crippen molar-refractivity contribution in [3.63, 3.8) is 0 Å². The van der Waals surface area contributed by atoms with Crippen LogP contribution in [0.3, 0.4) is 0 Å². The number of fused-ring (bicyclic) bond motifs is 1. The summed E-state index contributed by atoms with van der Waals surface area (Å²) in [5.74, 6) is 0.885. The van der Waals surface area contributed by atoms with Gasteiger partial charge >= 0.3 is 0 Å². The Hall–Kier alpha value is -1.89. The third kappa shape index (κ3) is 3.86. The van der Waals surface area contributed by atoms with Crippen LogP contribution < -0.4 is 5.32 Å².